The van der Waals surface area contributed by atoms with E-state index in [1.54, 1.807) is 0 Å². The molecule has 5 nitrogen and oxygen atoms in total. The van der Waals surface area contributed by atoms with Crippen LogP contribution in [0.5, 0.6) is 11.6 Å². The minimum absolute atomic E-state index is 0.268. The van der Waals surface area contributed by atoms with Gasteiger partial charge >= 0.3 is 0 Å². The largest absolute Gasteiger partial charge is 0.489 e. The maximum atomic E-state index is 5.87. The van der Waals surface area contributed by atoms with Gasteiger partial charge in [0.1, 0.15) is 6.33 Å². The van der Waals surface area contributed by atoms with Crippen molar-refractivity contribution in [1.82, 2.24) is 9.97 Å². The summed E-state index contributed by atoms with van der Waals surface area (Å²) in [5.74, 6) is 1.29. The maximum Gasteiger partial charge on any atom is 0.261 e. The van der Waals surface area contributed by atoms with Gasteiger partial charge in [0.05, 0.1) is 13.7 Å². The highest BCUT2D eigenvalue weighted by Crippen LogP contribution is 2.31. The first kappa shape index (κ1) is 12.4. The highest BCUT2D eigenvalue weighted by molar-refractivity contribution is 6.31. The van der Waals surface area contributed by atoms with E-state index < -0.39 is 0 Å². The first-order chi connectivity index (χ1) is 8.31. The second kappa shape index (κ2) is 6.02. The van der Waals surface area contributed by atoms with Crippen molar-refractivity contribution in [3.63, 3.8) is 0 Å². The lowest BCUT2D eigenvalue weighted by molar-refractivity contribution is 0.0485. The molecule has 1 aliphatic rings. The van der Waals surface area contributed by atoms with Crippen LogP contribution in [0.15, 0.2) is 6.33 Å². The zero-order chi connectivity index (χ0) is 12.1. The Kier molecular flexibility index (Phi) is 4.39. The summed E-state index contributed by atoms with van der Waals surface area (Å²) in [4.78, 5) is 7.86. The van der Waals surface area contributed by atoms with Crippen LogP contribution in [0.2, 0.25) is 5.15 Å². The third-order valence-electron chi connectivity index (χ3n) is 2.73. The van der Waals surface area contributed by atoms with Crippen molar-refractivity contribution in [3.8, 4) is 11.6 Å². The summed E-state index contributed by atoms with van der Waals surface area (Å²) in [6, 6.07) is 0. The van der Waals surface area contributed by atoms with E-state index in [4.69, 9.17) is 25.8 Å². The molecule has 0 radical (unpaired) electrons. The fourth-order valence-corrected chi connectivity index (χ4v) is 1.92. The van der Waals surface area contributed by atoms with Crippen LogP contribution < -0.4 is 9.47 Å². The average Bonchev–Trinajstić information content (AvgIpc) is 2.37. The molecule has 17 heavy (non-hydrogen) atoms. The number of aromatic nitrogens is 2. The van der Waals surface area contributed by atoms with Gasteiger partial charge in [-0.3, -0.25) is 0 Å². The summed E-state index contributed by atoms with van der Waals surface area (Å²) in [6.07, 6.45) is 3.40. The van der Waals surface area contributed by atoms with E-state index >= 15 is 0 Å². The molecular weight excluding hydrogens is 244 g/mol. The molecule has 0 N–H and O–H groups in total. The Bertz CT molecular complexity index is 370. The van der Waals surface area contributed by atoms with Crippen LogP contribution in [0.1, 0.15) is 12.8 Å². The van der Waals surface area contributed by atoms with Gasteiger partial charge in [-0.2, -0.15) is 4.98 Å². The van der Waals surface area contributed by atoms with Gasteiger partial charge in [0.25, 0.3) is 5.88 Å². The van der Waals surface area contributed by atoms with E-state index in [-0.39, 0.29) is 5.15 Å². The van der Waals surface area contributed by atoms with Gasteiger partial charge < -0.3 is 14.2 Å². The molecule has 2 rings (SSSR count). The quantitative estimate of drug-likeness (QED) is 0.773. The van der Waals surface area contributed by atoms with Crippen LogP contribution in [-0.4, -0.2) is 36.9 Å². The molecular formula is C11H15ClN2O3. The number of ether oxygens (including phenoxy) is 3. The highest BCUT2D eigenvalue weighted by Gasteiger charge is 2.17. The van der Waals surface area contributed by atoms with Crippen LogP contribution in [0.4, 0.5) is 0 Å². The molecule has 0 spiro atoms. The predicted molar refractivity (Wildman–Crippen MR) is 62.6 cm³/mol. The molecule has 2 heterocycles. The summed E-state index contributed by atoms with van der Waals surface area (Å²) in [7, 11) is 1.52. The molecule has 1 fully saturated rings. The van der Waals surface area contributed by atoms with E-state index in [2.05, 4.69) is 9.97 Å². The summed E-state index contributed by atoms with van der Waals surface area (Å²) < 4.78 is 16.0. The van der Waals surface area contributed by atoms with Crippen molar-refractivity contribution in [2.45, 2.75) is 12.8 Å². The van der Waals surface area contributed by atoms with Crippen LogP contribution in [0, 0.1) is 5.92 Å². The standard InChI is InChI=1S/C11H15ClN2O3/c1-15-9-10(12)13-7-14-11(9)17-6-8-2-4-16-5-3-8/h7-8H,2-6H2,1H3. The fraction of sp³-hybridized carbons (Fsp3) is 0.636. The zero-order valence-electron chi connectivity index (χ0n) is 9.69. The van der Waals surface area contributed by atoms with Crippen LogP contribution >= 0.6 is 11.6 Å². The Morgan fingerprint density at radius 1 is 1.41 bits per heavy atom. The lowest BCUT2D eigenvalue weighted by Gasteiger charge is -2.22. The van der Waals surface area contributed by atoms with Gasteiger partial charge in [0.15, 0.2) is 5.15 Å². The number of hydrogen-bond donors (Lipinski definition) is 0. The van der Waals surface area contributed by atoms with Crippen LogP contribution in [0.3, 0.4) is 0 Å². The van der Waals surface area contributed by atoms with Gasteiger partial charge in [-0.1, -0.05) is 11.6 Å². The summed E-state index contributed by atoms with van der Waals surface area (Å²) >= 11 is 5.87. The number of halogens is 1. The lowest BCUT2D eigenvalue weighted by Crippen LogP contribution is -2.21. The number of hydrogen-bond acceptors (Lipinski definition) is 5. The van der Waals surface area contributed by atoms with Crippen molar-refractivity contribution in [2.75, 3.05) is 26.9 Å². The van der Waals surface area contributed by atoms with E-state index in [9.17, 15) is 0 Å². The monoisotopic (exact) mass is 258 g/mol. The molecule has 6 heteroatoms. The van der Waals surface area contributed by atoms with Crippen LogP contribution in [-0.2, 0) is 4.74 Å². The molecule has 0 unspecified atom stereocenters. The fourth-order valence-electron chi connectivity index (χ4n) is 1.72. The first-order valence-corrected chi connectivity index (χ1v) is 5.94. The van der Waals surface area contributed by atoms with Gasteiger partial charge in [-0.25, -0.2) is 4.98 Å². The Balaban J connectivity index is 1.95. The van der Waals surface area contributed by atoms with Crippen molar-refractivity contribution in [2.24, 2.45) is 5.92 Å². The minimum atomic E-state index is 0.268. The molecule has 1 saturated heterocycles. The summed E-state index contributed by atoms with van der Waals surface area (Å²) in [5, 5.41) is 0.268. The molecule has 0 aliphatic carbocycles. The lowest BCUT2D eigenvalue weighted by atomic mass is 10.0. The van der Waals surface area contributed by atoms with Crippen molar-refractivity contribution >= 4 is 11.6 Å². The SMILES string of the molecule is COc1c(Cl)ncnc1OCC1CCOCC1. The highest BCUT2D eigenvalue weighted by atomic mass is 35.5. The number of rotatable bonds is 4. The molecule has 0 saturated carbocycles. The van der Waals surface area contributed by atoms with Gasteiger partial charge in [-0.15, -0.1) is 0 Å². The zero-order valence-corrected chi connectivity index (χ0v) is 10.4. The van der Waals surface area contributed by atoms with Crippen molar-refractivity contribution in [3.05, 3.63) is 11.5 Å². The normalized spacial score (nSPS) is 16.8. The summed E-state index contributed by atoms with van der Waals surface area (Å²) in [5.41, 5.74) is 0. The van der Waals surface area contributed by atoms with Gasteiger partial charge in [0.2, 0.25) is 5.75 Å². The number of nitrogens with zero attached hydrogens (tertiary/aromatic N) is 2. The van der Waals surface area contributed by atoms with Crippen LogP contribution in [0.25, 0.3) is 0 Å². The predicted octanol–water partition coefficient (Wildman–Crippen LogP) is 1.94. The molecule has 94 valence electrons. The second-order valence-electron chi connectivity index (χ2n) is 3.87. The minimum Gasteiger partial charge on any atom is -0.489 e. The van der Waals surface area contributed by atoms with Gasteiger partial charge in [0, 0.05) is 13.2 Å². The maximum absolute atomic E-state index is 5.87. The summed E-state index contributed by atoms with van der Waals surface area (Å²) in [6.45, 7) is 2.21. The van der Waals surface area contributed by atoms with E-state index in [1.165, 1.54) is 13.4 Å². The Morgan fingerprint density at radius 2 is 2.18 bits per heavy atom. The molecule has 1 aromatic heterocycles. The smallest absolute Gasteiger partial charge is 0.261 e. The van der Waals surface area contributed by atoms with Crippen molar-refractivity contribution in [1.29, 1.82) is 0 Å². The van der Waals surface area contributed by atoms with E-state index in [1.807, 2.05) is 0 Å². The Labute approximate surface area is 105 Å². The Hall–Kier alpha value is -1.07. The average molecular weight is 259 g/mol. The molecule has 1 aromatic rings. The first-order valence-electron chi connectivity index (χ1n) is 5.56. The van der Waals surface area contributed by atoms with Gasteiger partial charge in [-0.05, 0) is 18.8 Å². The topological polar surface area (TPSA) is 53.5 Å². The Morgan fingerprint density at radius 3 is 2.88 bits per heavy atom. The number of methoxy groups -OCH3 is 1. The second-order valence-corrected chi connectivity index (χ2v) is 4.23. The molecule has 0 aromatic carbocycles. The molecule has 0 atom stereocenters. The third kappa shape index (κ3) is 3.20. The molecule has 1 aliphatic heterocycles. The molecule has 0 bridgehead atoms. The van der Waals surface area contributed by atoms with Crippen molar-refractivity contribution < 1.29 is 14.2 Å². The third-order valence-corrected chi connectivity index (χ3v) is 3.00. The van der Waals surface area contributed by atoms with E-state index in [0.29, 0.717) is 24.2 Å². The van der Waals surface area contributed by atoms with E-state index in [0.717, 1.165) is 26.1 Å². The molecule has 0 amide bonds.